The van der Waals surface area contributed by atoms with E-state index in [1.807, 2.05) is 55.1 Å². The summed E-state index contributed by atoms with van der Waals surface area (Å²) >= 11 is 13.5. The number of benzene rings is 2. The van der Waals surface area contributed by atoms with Crippen LogP contribution in [0.5, 0.6) is 5.75 Å². The zero-order valence-electron chi connectivity index (χ0n) is 13.4. The van der Waals surface area contributed by atoms with Crippen LogP contribution in [-0.4, -0.2) is 28.9 Å². The molecule has 2 aromatic carbocycles. The second-order valence-corrected chi connectivity index (χ2v) is 7.37. The van der Waals surface area contributed by atoms with Crippen LogP contribution in [0.3, 0.4) is 0 Å². The molecule has 2 aromatic rings. The molecule has 0 radical (unpaired) electrons. The number of halogens is 1. The average Bonchev–Trinajstić information content (AvgIpc) is 3.07. The van der Waals surface area contributed by atoms with Crippen LogP contribution in [0, 0.1) is 0 Å². The number of rotatable bonds is 4. The van der Waals surface area contributed by atoms with Gasteiger partial charge in [-0.3, -0.25) is 0 Å². The molecule has 1 atom stereocenters. The Morgan fingerprint density at radius 3 is 2.62 bits per heavy atom. The third-order valence-electron chi connectivity index (χ3n) is 3.72. The highest BCUT2D eigenvalue weighted by Crippen LogP contribution is 2.38. The Labute approximate surface area is 157 Å². The van der Waals surface area contributed by atoms with E-state index in [0.29, 0.717) is 6.61 Å². The van der Waals surface area contributed by atoms with Crippen molar-refractivity contribution in [1.29, 1.82) is 0 Å². The van der Waals surface area contributed by atoms with Crippen molar-refractivity contribution >= 4 is 46.4 Å². The minimum Gasteiger partial charge on any atom is -0.494 e. The Morgan fingerprint density at radius 1 is 1.25 bits per heavy atom. The van der Waals surface area contributed by atoms with Crippen molar-refractivity contribution in [1.82, 2.24) is 4.90 Å². The summed E-state index contributed by atoms with van der Waals surface area (Å²) in [5, 5.41) is 5.05. The fraction of sp³-hybridized carbons (Fsp3) is 0.278. The molecule has 1 saturated heterocycles. The van der Waals surface area contributed by atoms with Crippen LogP contribution in [0.4, 0.5) is 5.69 Å². The molecule has 1 N–H and O–H groups in total. The molecule has 0 aliphatic carbocycles. The van der Waals surface area contributed by atoms with E-state index in [2.05, 4.69) is 22.3 Å². The highest BCUT2D eigenvalue weighted by molar-refractivity contribution is 7.99. The molecule has 1 aliphatic heterocycles. The lowest BCUT2D eigenvalue weighted by Gasteiger charge is -2.27. The standard InChI is InChI=1S/C18H19ClN2OS2/c1-2-22-16-9-7-15(8-10-16)20-18(23)21-11-12-24-17(21)13-3-5-14(19)6-4-13/h3-10,17H,2,11-12H2,1H3,(H,20,23)/t17-/m1/s1. The van der Waals surface area contributed by atoms with Gasteiger partial charge in [-0.2, -0.15) is 0 Å². The molecule has 3 nitrogen and oxygen atoms in total. The molecule has 3 rings (SSSR count). The first-order valence-electron chi connectivity index (χ1n) is 7.85. The number of nitrogens with one attached hydrogen (secondary N) is 1. The molecule has 6 heteroatoms. The van der Waals surface area contributed by atoms with Crippen LogP contribution < -0.4 is 10.1 Å². The smallest absolute Gasteiger partial charge is 0.174 e. The normalized spacial score (nSPS) is 16.9. The van der Waals surface area contributed by atoms with E-state index in [-0.39, 0.29) is 5.37 Å². The Balaban J connectivity index is 1.68. The Kier molecular flexibility index (Phi) is 5.87. The van der Waals surface area contributed by atoms with Crippen molar-refractivity contribution in [2.24, 2.45) is 0 Å². The first kappa shape index (κ1) is 17.4. The highest BCUT2D eigenvalue weighted by atomic mass is 35.5. The van der Waals surface area contributed by atoms with Gasteiger partial charge in [-0.25, -0.2) is 0 Å². The van der Waals surface area contributed by atoms with E-state index in [9.17, 15) is 0 Å². The van der Waals surface area contributed by atoms with Crippen molar-refractivity contribution in [2.45, 2.75) is 12.3 Å². The van der Waals surface area contributed by atoms with Gasteiger partial charge in [-0.05, 0) is 61.1 Å². The van der Waals surface area contributed by atoms with Crippen molar-refractivity contribution in [3.63, 3.8) is 0 Å². The number of thiocarbonyl (C=S) groups is 1. The summed E-state index contributed by atoms with van der Waals surface area (Å²) in [6, 6.07) is 15.9. The minimum atomic E-state index is 0.227. The third-order valence-corrected chi connectivity index (χ3v) is 5.57. The molecule has 1 heterocycles. The van der Waals surface area contributed by atoms with E-state index in [4.69, 9.17) is 28.6 Å². The lowest BCUT2D eigenvalue weighted by atomic mass is 10.2. The summed E-state index contributed by atoms with van der Waals surface area (Å²) in [5.74, 6) is 1.92. The van der Waals surface area contributed by atoms with E-state index in [1.54, 1.807) is 0 Å². The van der Waals surface area contributed by atoms with Crippen LogP contribution in [0.25, 0.3) is 0 Å². The Hall–Kier alpha value is -1.43. The zero-order chi connectivity index (χ0) is 16.9. The predicted molar refractivity (Wildman–Crippen MR) is 107 cm³/mol. The van der Waals surface area contributed by atoms with Gasteiger partial charge in [0.2, 0.25) is 0 Å². The zero-order valence-corrected chi connectivity index (χ0v) is 15.8. The van der Waals surface area contributed by atoms with E-state index in [0.717, 1.165) is 33.9 Å². The molecule has 0 amide bonds. The highest BCUT2D eigenvalue weighted by Gasteiger charge is 2.28. The predicted octanol–water partition coefficient (Wildman–Crippen LogP) is 5.18. The molecule has 0 saturated carbocycles. The lowest BCUT2D eigenvalue weighted by Crippen LogP contribution is -2.34. The first-order valence-corrected chi connectivity index (χ1v) is 9.68. The molecular weight excluding hydrogens is 360 g/mol. The van der Waals surface area contributed by atoms with Gasteiger partial charge in [0, 0.05) is 23.0 Å². The molecule has 1 aliphatic rings. The molecule has 24 heavy (non-hydrogen) atoms. The van der Waals surface area contributed by atoms with Gasteiger partial charge in [0.1, 0.15) is 11.1 Å². The van der Waals surface area contributed by atoms with Crippen LogP contribution in [0.2, 0.25) is 5.02 Å². The Bertz CT molecular complexity index is 691. The van der Waals surface area contributed by atoms with E-state index < -0.39 is 0 Å². The Morgan fingerprint density at radius 2 is 1.96 bits per heavy atom. The number of nitrogens with zero attached hydrogens (tertiary/aromatic N) is 1. The fourth-order valence-corrected chi connectivity index (χ4v) is 4.35. The fourth-order valence-electron chi connectivity index (χ4n) is 2.58. The maximum Gasteiger partial charge on any atom is 0.174 e. The number of anilines is 1. The maximum absolute atomic E-state index is 5.99. The summed E-state index contributed by atoms with van der Waals surface area (Å²) in [7, 11) is 0. The molecular formula is C18H19ClN2OS2. The summed E-state index contributed by atoms with van der Waals surface area (Å²) < 4.78 is 5.46. The summed E-state index contributed by atoms with van der Waals surface area (Å²) in [5.41, 5.74) is 2.19. The van der Waals surface area contributed by atoms with Gasteiger partial charge >= 0.3 is 0 Å². The molecule has 0 unspecified atom stereocenters. The van der Waals surface area contributed by atoms with Crippen molar-refractivity contribution in [3.8, 4) is 5.75 Å². The van der Waals surface area contributed by atoms with Crippen molar-refractivity contribution in [2.75, 3.05) is 24.2 Å². The number of hydrogen-bond acceptors (Lipinski definition) is 3. The number of thioether (sulfide) groups is 1. The molecule has 0 spiro atoms. The van der Waals surface area contributed by atoms with Gasteiger partial charge < -0.3 is 15.0 Å². The lowest BCUT2D eigenvalue weighted by molar-refractivity contribution is 0.340. The number of ether oxygens (including phenoxy) is 1. The SMILES string of the molecule is CCOc1ccc(NC(=S)N2CCS[C@@H]2c2ccc(Cl)cc2)cc1. The van der Waals surface area contributed by atoms with Crippen LogP contribution >= 0.6 is 35.6 Å². The number of hydrogen-bond donors (Lipinski definition) is 1. The van der Waals surface area contributed by atoms with Crippen LogP contribution in [-0.2, 0) is 0 Å². The summed E-state index contributed by atoms with van der Waals surface area (Å²) in [6.07, 6.45) is 0. The second kappa shape index (κ2) is 8.10. The quantitative estimate of drug-likeness (QED) is 0.738. The second-order valence-electron chi connectivity index (χ2n) is 5.36. The van der Waals surface area contributed by atoms with E-state index >= 15 is 0 Å². The first-order chi connectivity index (χ1) is 11.7. The molecule has 1 fully saturated rings. The van der Waals surface area contributed by atoms with Gasteiger partial charge in [0.05, 0.1) is 6.61 Å². The summed E-state index contributed by atoms with van der Waals surface area (Å²) in [4.78, 5) is 2.22. The van der Waals surface area contributed by atoms with Gasteiger partial charge in [0.25, 0.3) is 0 Å². The van der Waals surface area contributed by atoms with Gasteiger partial charge in [-0.1, -0.05) is 23.7 Å². The van der Waals surface area contributed by atoms with Crippen LogP contribution in [0.1, 0.15) is 17.9 Å². The van der Waals surface area contributed by atoms with Gasteiger partial charge in [-0.15, -0.1) is 11.8 Å². The average molecular weight is 379 g/mol. The third kappa shape index (κ3) is 4.15. The van der Waals surface area contributed by atoms with Crippen molar-refractivity contribution in [3.05, 3.63) is 59.1 Å². The monoisotopic (exact) mass is 378 g/mol. The largest absolute Gasteiger partial charge is 0.494 e. The summed E-state index contributed by atoms with van der Waals surface area (Å²) in [6.45, 7) is 3.57. The topological polar surface area (TPSA) is 24.5 Å². The van der Waals surface area contributed by atoms with E-state index in [1.165, 1.54) is 5.56 Å². The van der Waals surface area contributed by atoms with Crippen LogP contribution in [0.15, 0.2) is 48.5 Å². The molecule has 0 bridgehead atoms. The minimum absolute atomic E-state index is 0.227. The maximum atomic E-state index is 5.99. The molecule has 126 valence electrons. The molecule has 0 aromatic heterocycles. The van der Waals surface area contributed by atoms with Crippen molar-refractivity contribution < 1.29 is 4.74 Å². The van der Waals surface area contributed by atoms with Gasteiger partial charge in [0.15, 0.2) is 5.11 Å².